The van der Waals surface area contributed by atoms with E-state index in [1.807, 2.05) is 39.0 Å². The Bertz CT molecular complexity index is 1730. The number of allylic oxidation sites excluding steroid dienone is 4. The van der Waals surface area contributed by atoms with Crippen LogP contribution in [0.25, 0.3) is 44.4 Å². The third-order valence-electron chi connectivity index (χ3n) is 7.25. The molecule has 4 N–H and O–H groups in total. The standard InChI is InChI=1S/C30H30N4O4.Cr/c1-15-9-20-12-25-17(3)21(5-7-29(35)36)27(33-25)14-28-22(6-8-30(37)38)18(4)26(34-28)13-24-16(2)10-19(32-24)11-23(15)31-20;/h9-14,31-32H,5-8H2,1-4H3,(H,35,36)(H,37,38);. The van der Waals surface area contributed by atoms with Crippen molar-refractivity contribution in [3.05, 3.63) is 70.3 Å². The number of hydrogen-bond acceptors (Lipinski definition) is 4. The molecule has 0 amide bonds. The molecule has 8 bridgehead atoms. The van der Waals surface area contributed by atoms with Crippen LogP contribution in [-0.2, 0) is 27.0 Å². The molecule has 2 aliphatic rings. The zero-order valence-corrected chi connectivity index (χ0v) is 23.6. The maximum atomic E-state index is 11.4. The molecule has 39 heavy (non-hydrogen) atoms. The molecule has 0 aromatic carbocycles. The fourth-order valence-electron chi connectivity index (χ4n) is 5.10. The second-order valence-electron chi connectivity index (χ2n) is 9.98. The Kier molecular flexibility index (Phi) is 7.96. The third kappa shape index (κ3) is 5.75. The molecule has 0 fully saturated rings. The summed E-state index contributed by atoms with van der Waals surface area (Å²) >= 11 is 0. The van der Waals surface area contributed by atoms with Gasteiger partial charge in [0.1, 0.15) is 0 Å². The fourth-order valence-corrected chi connectivity index (χ4v) is 5.10. The van der Waals surface area contributed by atoms with Crippen molar-refractivity contribution in [3.8, 4) is 0 Å². The fraction of sp³-hybridized carbons (Fsp3) is 0.267. The molecule has 9 heteroatoms. The van der Waals surface area contributed by atoms with Gasteiger partial charge in [0.2, 0.25) is 0 Å². The minimum atomic E-state index is -0.873. The largest absolute Gasteiger partial charge is 0.481 e. The molecule has 3 aromatic heterocycles. The van der Waals surface area contributed by atoms with E-state index >= 15 is 0 Å². The van der Waals surface area contributed by atoms with Crippen LogP contribution in [-0.4, -0.2) is 42.1 Å². The van der Waals surface area contributed by atoms with Crippen molar-refractivity contribution in [2.45, 2.75) is 53.4 Å². The molecule has 0 radical (unpaired) electrons. The second-order valence-corrected chi connectivity index (χ2v) is 9.98. The van der Waals surface area contributed by atoms with Crippen LogP contribution < -0.4 is 0 Å². The van der Waals surface area contributed by atoms with E-state index in [0.29, 0.717) is 24.2 Å². The van der Waals surface area contributed by atoms with Crippen molar-refractivity contribution in [2.75, 3.05) is 0 Å². The molecular formula is C30H30CrN4O4. The first kappa shape index (κ1) is 28.1. The van der Waals surface area contributed by atoms with E-state index < -0.39 is 11.9 Å². The quantitative estimate of drug-likeness (QED) is 0.270. The molecule has 200 valence electrons. The van der Waals surface area contributed by atoms with Gasteiger partial charge in [-0.1, -0.05) is 0 Å². The van der Waals surface area contributed by atoms with Crippen LogP contribution in [0, 0.1) is 13.8 Å². The van der Waals surface area contributed by atoms with Crippen LogP contribution in [0.15, 0.2) is 36.4 Å². The number of aryl methyl sites for hydroxylation is 2. The van der Waals surface area contributed by atoms with Gasteiger partial charge in [-0.3, -0.25) is 9.59 Å². The molecule has 0 saturated carbocycles. The van der Waals surface area contributed by atoms with Gasteiger partial charge < -0.3 is 20.2 Å². The van der Waals surface area contributed by atoms with Crippen molar-refractivity contribution in [2.24, 2.45) is 0 Å². The summed E-state index contributed by atoms with van der Waals surface area (Å²) in [5.74, 6) is -1.75. The number of nitrogens with zero attached hydrogens (tertiary/aromatic N) is 2. The van der Waals surface area contributed by atoms with Gasteiger partial charge in [0.05, 0.1) is 22.8 Å². The predicted molar refractivity (Wildman–Crippen MR) is 149 cm³/mol. The van der Waals surface area contributed by atoms with Crippen LogP contribution in [0.1, 0.15) is 73.4 Å². The van der Waals surface area contributed by atoms with Gasteiger partial charge in [-0.2, -0.15) is 0 Å². The average Bonchev–Trinajstić information content (AvgIpc) is 3.53. The van der Waals surface area contributed by atoms with Gasteiger partial charge in [-0.15, -0.1) is 0 Å². The SMILES string of the molecule is CC1=C(CCC(=O)O)c2cc3nc(cc4[nH]c(cc4C)cc4[nH]c(cc1n2)cc4C)C(C)=C3CCC(=O)O.[Cr]. The number of aliphatic carboxylic acids is 2. The van der Waals surface area contributed by atoms with Crippen LogP contribution in [0.5, 0.6) is 0 Å². The minimum Gasteiger partial charge on any atom is -0.481 e. The summed E-state index contributed by atoms with van der Waals surface area (Å²) in [6.07, 6.45) is 0.647. The Balaban J connectivity index is 0.00000353. The van der Waals surface area contributed by atoms with E-state index in [-0.39, 0.29) is 30.2 Å². The van der Waals surface area contributed by atoms with Gasteiger partial charge >= 0.3 is 11.9 Å². The maximum absolute atomic E-state index is 11.4. The van der Waals surface area contributed by atoms with Crippen LogP contribution in [0.2, 0.25) is 0 Å². The summed E-state index contributed by atoms with van der Waals surface area (Å²) in [6.45, 7) is 8.01. The molecule has 0 unspecified atom stereocenters. The number of carboxylic acid groups (broad SMARTS) is 2. The van der Waals surface area contributed by atoms with Crippen LogP contribution in [0.4, 0.5) is 0 Å². The Morgan fingerprint density at radius 3 is 1.56 bits per heavy atom. The zero-order valence-electron chi connectivity index (χ0n) is 22.3. The first-order chi connectivity index (χ1) is 18.1. The number of carboxylic acids is 2. The molecule has 5 heterocycles. The van der Waals surface area contributed by atoms with Crippen LogP contribution in [0.3, 0.4) is 0 Å². The van der Waals surface area contributed by atoms with E-state index in [0.717, 1.165) is 66.9 Å². The third-order valence-corrected chi connectivity index (χ3v) is 7.25. The van der Waals surface area contributed by atoms with Crippen molar-refractivity contribution in [3.63, 3.8) is 0 Å². The van der Waals surface area contributed by atoms with Gasteiger partial charge in [0.25, 0.3) is 0 Å². The van der Waals surface area contributed by atoms with E-state index in [4.69, 9.17) is 9.97 Å². The first-order valence-electron chi connectivity index (χ1n) is 12.6. The molecular weight excluding hydrogens is 532 g/mol. The van der Waals surface area contributed by atoms with Gasteiger partial charge in [0, 0.05) is 52.3 Å². The van der Waals surface area contributed by atoms with Crippen molar-refractivity contribution in [1.82, 2.24) is 19.9 Å². The maximum Gasteiger partial charge on any atom is 0.303 e. The molecule has 0 saturated heterocycles. The predicted octanol–water partition coefficient (Wildman–Crippen LogP) is 6.52. The summed E-state index contributed by atoms with van der Waals surface area (Å²) < 4.78 is 0. The summed E-state index contributed by atoms with van der Waals surface area (Å²) in [5, 5.41) is 18.7. The van der Waals surface area contributed by atoms with Gasteiger partial charge in [-0.25, -0.2) is 9.97 Å². The van der Waals surface area contributed by atoms with E-state index in [9.17, 15) is 19.8 Å². The Labute approximate surface area is 236 Å². The van der Waals surface area contributed by atoms with E-state index in [1.165, 1.54) is 0 Å². The minimum absolute atomic E-state index is 0. The van der Waals surface area contributed by atoms with Crippen molar-refractivity contribution >= 4 is 56.3 Å². The topological polar surface area (TPSA) is 132 Å². The molecule has 3 aromatic rings. The van der Waals surface area contributed by atoms with Gasteiger partial charge in [-0.05, 0) is 110 Å². The van der Waals surface area contributed by atoms with Crippen molar-refractivity contribution < 1.29 is 37.2 Å². The van der Waals surface area contributed by atoms with E-state index in [2.05, 4.69) is 35.1 Å². The Morgan fingerprint density at radius 2 is 1.08 bits per heavy atom. The number of hydrogen-bond donors (Lipinski definition) is 4. The average molecular weight is 563 g/mol. The number of fused-ring (bicyclic) bond motifs is 8. The smallest absolute Gasteiger partial charge is 0.303 e. The number of aromatic amines is 2. The number of carbonyl (C=O) groups is 2. The number of H-pyrrole nitrogens is 2. The Morgan fingerprint density at radius 1 is 0.641 bits per heavy atom. The molecule has 8 nitrogen and oxygen atoms in total. The molecule has 0 spiro atoms. The second kappa shape index (κ2) is 11.1. The normalized spacial score (nSPS) is 13.0. The summed E-state index contributed by atoms with van der Waals surface area (Å²) in [6, 6.07) is 12.1. The molecule has 0 atom stereocenters. The summed E-state index contributed by atoms with van der Waals surface area (Å²) in [7, 11) is 0. The van der Waals surface area contributed by atoms with Crippen molar-refractivity contribution in [1.29, 1.82) is 0 Å². The zero-order chi connectivity index (χ0) is 27.1. The number of rotatable bonds is 6. The summed E-state index contributed by atoms with van der Waals surface area (Å²) in [4.78, 5) is 39.6. The van der Waals surface area contributed by atoms with Gasteiger partial charge in [0.15, 0.2) is 0 Å². The first-order valence-corrected chi connectivity index (χ1v) is 12.6. The molecule has 2 aliphatic heterocycles. The summed E-state index contributed by atoms with van der Waals surface area (Å²) in [5.41, 5.74) is 12.4. The van der Waals surface area contributed by atoms with Crippen LogP contribution >= 0.6 is 0 Å². The molecule has 0 aliphatic carbocycles. The number of aromatic nitrogens is 4. The number of nitrogens with one attached hydrogen (secondary N) is 2. The Hall–Kier alpha value is -3.93. The monoisotopic (exact) mass is 562 g/mol. The molecule has 5 rings (SSSR count). The van der Waals surface area contributed by atoms with E-state index in [1.54, 1.807) is 0 Å².